The first kappa shape index (κ1) is 18.7. The molecule has 2 aromatic rings. The molecule has 3 amide bonds. The van der Waals surface area contributed by atoms with E-state index in [-0.39, 0.29) is 25.0 Å². The number of anilines is 1. The Bertz CT molecular complexity index is 900. The standard InChI is InChI=1S/C19H18ClN3O4/c20-14-4-5-16-12(7-14)6-13(10-27-16)19(26)23-15-3-1-2-11(8-15)18(25)22-9-17(21)24/h1-5,7-8,13H,6,9-10H2,(H2,21,24)(H,22,25)(H,23,26). The van der Waals surface area contributed by atoms with Crippen LogP contribution in [0.4, 0.5) is 5.69 Å². The average molecular weight is 388 g/mol. The quantitative estimate of drug-likeness (QED) is 0.725. The zero-order valence-corrected chi connectivity index (χ0v) is 15.1. The number of fused-ring (bicyclic) bond motifs is 1. The minimum absolute atomic E-state index is 0.213. The van der Waals surface area contributed by atoms with Crippen LogP contribution in [0.1, 0.15) is 15.9 Å². The van der Waals surface area contributed by atoms with Crippen LogP contribution in [-0.4, -0.2) is 30.9 Å². The Labute approximate surface area is 160 Å². The first-order valence-corrected chi connectivity index (χ1v) is 8.69. The minimum Gasteiger partial charge on any atom is -0.492 e. The summed E-state index contributed by atoms with van der Waals surface area (Å²) >= 11 is 6.00. The van der Waals surface area contributed by atoms with Gasteiger partial charge in [-0.15, -0.1) is 0 Å². The van der Waals surface area contributed by atoms with Gasteiger partial charge in [-0.3, -0.25) is 14.4 Å². The number of hydrogen-bond donors (Lipinski definition) is 3. The van der Waals surface area contributed by atoms with Gasteiger partial charge in [0, 0.05) is 16.3 Å². The molecule has 4 N–H and O–H groups in total. The zero-order chi connectivity index (χ0) is 19.4. The molecule has 0 saturated heterocycles. The predicted molar refractivity (Wildman–Crippen MR) is 101 cm³/mol. The molecular weight excluding hydrogens is 370 g/mol. The van der Waals surface area contributed by atoms with E-state index in [0.717, 1.165) is 11.3 Å². The molecule has 0 aromatic heterocycles. The number of carbonyl (C=O) groups is 3. The maximum Gasteiger partial charge on any atom is 0.251 e. The highest BCUT2D eigenvalue weighted by Gasteiger charge is 2.26. The van der Waals surface area contributed by atoms with Gasteiger partial charge < -0.3 is 21.1 Å². The second kappa shape index (κ2) is 8.09. The Kier molecular flexibility index (Phi) is 5.61. The highest BCUT2D eigenvalue weighted by Crippen LogP contribution is 2.30. The number of ether oxygens (including phenoxy) is 1. The summed E-state index contributed by atoms with van der Waals surface area (Å²) in [5.41, 5.74) is 6.68. The van der Waals surface area contributed by atoms with Crippen molar-refractivity contribution < 1.29 is 19.1 Å². The first-order valence-electron chi connectivity index (χ1n) is 8.31. The van der Waals surface area contributed by atoms with Crippen LogP contribution in [0.2, 0.25) is 5.02 Å². The molecule has 3 rings (SSSR count). The van der Waals surface area contributed by atoms with Gasteiger partial charge >= 0.3 is 0 Å². The number of hydrogen-bond acceptors (Lipinski definition) is 4. The van der Waals surface area contributed by atoms with Gasteiger partial charge in [-0.05, 0) is 48.4 Å². The SMILES string of the molecule is NC(=O)CNC(=O)c1cccc(NC(=O)C2COc3ccc(Cl)cc3C2)c1. The fraction of sp³-hybridized carbons (Fsp3) is 0.211. The van der Waals surface area contributed by atoms with E-state index >= 15 is 0 Å². The van der Waals surface area contributed by atoms with Crippen molar-refractivity contribution in [3.05, 3.63) is 58.6 Å². The van der Waals surface area contributed by atoms with Gasteiger partial charge in [0.2, 0.25) is 11.8 Å². The molecule has 1 unspecified atom stereocenters. The lowest BCUT2D eigenvalue weighted by atomic mass is 9.96. The highest BCUT2D eigenvalue weighted by atomic mass is 35.5. The summed E-state index contributed by atoms with van der Waals surface area (Å²) in [6, 6.07) is 11.8. The van der Waals surface area contributed by atoms with Gasteiger partial charge in [-0.1, -0.05) is 17.7 Å². The first-order chi connectivity index (χ1) is 12.9. The molecule has 0 saturated carbocycles. The number of nitrogens with one attached hydrogen (secondary N) is 2. The third-order valence-electron chi connectivity index (χ3n) is 4.12. The largest absolute Gasteiger partial charge is 0.492 e. The number of benzene rings is 2. The Morgan fingerprint density at radius 2 is 2.00 bits per heavy atom. The van der Waals surface area contributed by atoms with E-state index in [1.54, 1.807) is 36.4 Å². The summed E-state index contributed by atoms with van der Waals surface area (Å²) in [6.45, 7) is 0.00998. The third-order valence-corrected chi connectivity index (χ3v) is 4.35. The topological polar surface area (TPSA) is 111 Å². The van der Waals surface area contributed by atoms with Crippen molar-refractivity contribution in [2.75, 3.05) is 18.5 Å². The molecule has 1 aliphatic heterocycles. The van der Waals surface area contributed by atoms with Crippen LogP contribution in [-0.2, 0) is 16.0 Å². The molecule has 0 radical (unpaired) electrons. The highest BCUT2D eigenvalue weighted by molar-refractivity contribution is 6.30. The Hall–Kier alpha value is -3.06. The van der Waals surface area contributed by atoms with Crippen LogP contribution in [0.5, 0.6) is 5.75 Å². The van der Waals surface area contributed by atoms with Crippen molar-refractivity contribution in [1.29, 1.82) is 0 Å². The molecule has 1 aliphatic rings. The maximum atomic E-state index is 12.6. The maximum absolute atomic E-state index is 12.6. The molecule has 0 fully saturated rings. The second-order valence-corrected chi connectivity index (χ2v) is 6.62. The van der Waals surface area contributed by atoms with Crippen molar-refractivity contribution in [3.8, 4) is 5.75 Å². The van der Waals surface area contributed by atoms with Crippen LogP contribution >= 0.6 is 11.6 Å². The monoisotopic (exact) mass is 387 g/mol. The molecule has 1 heterocycles. The molecule has 140 valence electrons. The van der Waals surface area contributed by atoms with Crippen LogP contribution < -0.4 is 21.1 Å². The van der Waals surface area contributed by atoms with E-state index < -0.39 is 11.8 Å². The zero-order valence-electron chi connectivity index (χ0n) is 14.3. The van der Waals surface area contributed by atoms with E-state index in [1.165, 1.54) is 6.07 Å². The lowest BCUT2D eigenvalue weighted by Gasteiger charge is -2.24. The Balaban J connectivity index is 1.65. The Morgan fingerprint density at radius 1 is 1.19 bits per heavy atom. The summed E-state index contributed by atoms with van der Waals surface area (Å²) < 4.78 is 5.64. The number of amides is 3. The number of rotatable bonds is 5. The van der Waals surface area contributed by atoms with Crippen LogP contribution in [0, 0.1) is 5.92 Å². The van der Waals surface area contributed by atoms with E-state index in [2.05, 4.69) is 10.6 Å². The van der Waals surface area contributed by atoms with Gasteiger partial charge in [-0.2, -0.15) is 0 Å². The lowest BCUT2D eigenvalue weighted by molar-refractivity contribution is -0.121. The number of primary amides is 1. The molecule has 2 aromatic carbocycles. The molecule has 8 heteroatoms. The van der Waals surface area contributed by atoms with Gasteiger partial charge in [0.15, 0.2) is 0 Å². The molecule has 0 aliphatic carbocycles. The van der Waals surface area contributed by atoms with Crippen molar-refractivity contribution in [2.24, 2.45) is 11.7 Å². The molecule has 0 bridgehead atoms. The lowest BCUT2D eigenvalue weighted by Crippen LogP contribution is -2.33. The molecular formula is C19H18ClN3O4. The van der Waals surface area contributed by atoms with E-state index in [1.807, 2.05) is 0 Å². The van der Waals surface area contributed by atoms with Crippen LogP contribution in [0.15, 0.2) is 42.5 Å². The van der Waals surface area contributed by atoms with Gasteiger partial charge in [-0.25, -0.2) is 0 Å². The number of nitrogens with two attached hydrogens (primary N) is 1. The van der Waals surface area contributed by atoms with Crippen molar-refractivity contribution in [1.82, 2.24) is 5.32 Å². The molecule has 0 spiro atoms. The molecule has 27 heavy (non-hydrogen) atoms. The van der Waals surface area contributed by atoms with Crippen molar-refractivity contribution in [3.63, 3.8) is 0 Å². The summed E-state index contributed by atoms with van der Waals surface area (Å²) in [5.74, 6) is -0.935. The van der Waals surface area contributed by atoms with Crippen LogP contribution in [0.3, 0.4) is 0 Å². The average Bonchev–Trinajstić information content (AvgIpc) is 2.65. The summed E-state index contributed by atoms with van der Waals surface area (Å²) in [7, 11) is 0. The fourth-order valence-electron chi connectivity index (χ4n) is 2.78. The second-order valence-electron chi connectivity index (χ2n) is 6.18. The van der Waals surface area contributed by atoms with E-state index in [9.17, 15) is 14.4 Å². The number of halogens is 1. The Morgan fingerprint density at radius 3 is 2.78 bits per heavy atom. The van der Waals surface area contributed by atoms with Gasteiger partial charge in [0.1, 0.15) is 12.4 Å². The summed E-state index contributed by atoms with van der Waals surface area (Å²) in [4.78, 5) is 35.3. The van der Waals surface area contributed by atoms with Crippen molar-refractivity contribution in [2.45, 2.75) is 6.42 Å². The van der Waals surface area contributed by atoms with Crippen LogP contribution in [0.25, 0.3) is 0 Å². The minimum atomic E-state index is -0.634. The van der Waals surface area contributed by atoms with E-state index in [0.29, 0.717) is 22.7 Å². The normalized spacial score (nSPS) is 15.2. The van der Waals surface area contributed by atoms with Gasteiger partial charge in [0.05, 0.1) is 12.5 Å². The summed E-state index contributed by atoms with van der Waals surface area (Å²) in [5, 5.41) is 5.78. The smallest absolute Gasteiger partial charge is 0.251 e. The number of carbonyl (C=O) groups excluding carboxylic acids is 3. The molecule has 7 nitrogen and oxygen atoms in total. The van der Waals surface area contributed by atoms with Crippen molar-refractivity contribution >= 4 is 35.0 Å². The molecule has 1 atom stereocenters. The van der Waals surface area contributed by atoms with Gasteiger partial charge in [0.25, 0.3) is 5.91 Å². The summed E-state index contributed by atoms with van der Waals surface area (Å²) in [6.07, 6.45) is 0.514. The van der Waals surface area contributed by atoms with E-state index in [4.69, 9.17) is 22.1 Å². The third kappa shape index (κ3) is 4.77. The fourth-order valence-corrected chi connectivity index (χ4v) is 2.98. The predicted octanol–water partition coefficient (Wildman–Crippen LogP) is 1.74.